The van der Waals surface area contributed by atoms with E-state index in [-0.39, 0.29) is 35.8 Å². The van der Waals surface area contributed by atoms with E-state index in [1.807, 2.05) is 4.90 Å². The third-order valence-electron chi connectivity index (χ3n) is 6.49. The number of nitrogens with zero attached hydrogens (tertiary/aromatic N) is 5. The molecule has 18 nitrogen and oxygen atoms in total. The Morgan fingerprint density at radius 2 is 1.64 bits per heavy atom. The molecule has 0 fully saturated rings. The van der Waals surface area contributed by atoms with Crippen molar-refractivity contribution in [1.82, 2.24) is 35.9 Å². The summed E-state index contributed by atoms with van der Waals surface area (Å²) in [5.41, 5.74) is 11.9. The van der Waals surface area contributed by atoms with Crippen LogP contribution in [-0.4, -0.2) is 109 Å². The quantitative estimate of drug-likeness (QED) is 0.0831. The second-order valence-electron chi connectivity index (χ2n) is 9.89. The third kappa shape index (κ3) is 8.66. The van der Waals surface area contributed by atoms with E-state index in [1.54, 1.807) is 19.2 Å². The number of fused-ring (bicyclic) bond motifs is 1. The summed E-state index contributed by atoms with van der Waals surface area (Å²) in [7, 11) is 1.79. The van der Waals surface area contributed by atoms with Crippen LogP contribution in [0.15, 0.2) is 30.5 Å². The first-order chi connectivity index (χ1) is 20.9. The Hall–Kier alpha value is -5.20. The monoisotopic (exact) mass is 614 g/mol. The van der Waals surface area contributed by atoms with Crippen LogP contribution in [0.3, 0.4) is 0 Å². The summed E-state index contributed by atoms with van der Waals surface area (Å²) in [6.07, 6.45) is 0.935. The molecule has 0 saturated heterocycles. The normalized spacial score (nSPS) is 11.9. The van der Waals surface area contributed by atoms with Gasteiger partial charge in [-0.15, -0.1) is 0 Å². The number of hydrogen-bond donors (Lipinski definition) is 9. The summed E-state index contributed by atoms with van der Waals surface area (Å²) in [6, 6.07) is 4.95. The maximum atomic E-state index is 12.7. The van der Waals surface area contributed by atoms with Crippen LogP contribution in [0.4, 0.5) is 17.5 Å². The largest absolute Gasteiger partial charge is 0.480 e. The van der Waals surface area contributed by atoms with Crippen LogP contribution in [0.25, 0.3) is 11.2 Å². The molecule has 0 unspecified atom stereocenters. The maximum Gasteiger partial charge on any atom is 0.326 e. The summed E-state index contributed by atoms with van der Waals surface area (Å²) in [5.74, 6) is -3.39. The molecule has 1 atom stereocenters. The van der Waals surface area contributed by atoms with Gasteiger partial charge < -0.3 is 52.7 Å². The van der Waals surface area contributed by atoms with Gasteiger partial charge in [-0.2, -0.15) is 9.97 Å². The van der Waals surface area contributed by atoms with E-state index in [1.165, 1.54) is 18.3 Å². The molecule has 11 N–H and O–H groups in total. The van der Waals surface area contributed by atoms with Crippen molar-refractivity contribution in [2.75, 3.05) is 49.8 Å². The lowest BCUT2D eigenvalue weighted by atomic mass is 10.0. The van der Waals surface area contributed by atoms with Gasteiger partial charge in [-0.1, -0.05) is 0 Å². The Kier molecular flexibility index (Phi) is 11.2. The number of anilines is 3. The number of nitrogen functional groups attached to an aromatic ring is 2. The van der Waals surface area contributed by atoms with Gasteiger partial charge in [-0.25, -0.2) is 14.8 Å². The van der Waals surface area contributed by atoms with Crippen LogP contribution in [0.5, 0.6) is 0 Å². The topological polar surface area (TPSA) is 292 Å². The minimum absolute atomic E-state index is 0.00802. The summed E-state index contributed by atoms with van der Waals surface area (Å²) in [5, 5.41) is 44.2. The molecule has 44 heavy (non-hydrogen) atoms. The minimum Gasteiger partial charge on any atom is -0.480 e. The zero-order chi connectivity index (χ0) is 32.4. The Morgan fingerprint density at radius 3 is 2.25 bits per heavy atom. The summed E-state index contributed by atoms with van der Waals surface area (Å²) in [4.78, 5) is 67.0. The number of aliphatic hydroxyl groups is 3. The van der Waals surface area contributed by atoms with Crippen molar-refractivity contribution in [1.29, 1.82) is 0 Å². The molecular weight excluding hydrogens is 580 g/mol. The van der Waals surface area contributed by atoms with E-state index in [2.05, 4.69) is 35.9 Å². The number of carboxylic acids is 1. The van der Waals surface area contributed by atoms with E-state index in [0.29, 0.717) is 17.8 Å². The number of carboxylic acid groups (broad SMARTS) is 1. The van der Waals surface area contributed by atoms with Crippen molar-refractivity contribution < 1.29 is 39.6 Å². The lowest BCUT2D eigenvalue weighted by molar-refractivity contribution is -0.139. The third-order valence-corrected chi connectivity index (χ3v) is 6.49. The molecule has 0 bridgehead atoms. The molecular formula is C26H34N10O8. The molecule has 0 spiro atoms. The second-order valence-corrected chi connectivity index (χ2v) is 9.89. The zero-order valence-corrected chi connectivity index (χ0v) is 23.7. The Balaban J connectivity index is 1.52. The van der Waals surface area contributed by atoms with Crippen LogP contribution in [0.1, 0.15) is 28.9 Å². The molecule has 1 aromatic carbocycles. The van der Waals surface area contributed by atoms with Gasteiger partial charge >= 0.3 is 5.97 Å². The molecule has 0 aliphatic carbocycles. The number of aliphatic carboxylic acids is 1. The van der Waals surface area contributed by atoms with Crippen LogP contribution < -0.4 is 32.3 Å². The number of aromatic nitrogens is 4. The van der Waals surface area contributed by atoms with Gasteiger partial charge in [0.2, 0.25) is 17.8 Å². The number of amides is 3. The highest BCUT2D eigenvalue weighted by Crippen LogP contribution is 2.19. The SMILES string of the molecule is CN(Cc1cnc2nc(N)nc(N)c2n1)c1ccc(C(=O)N[C@@H](CCC(=O)NCC(=O)NC(CO)(CO)CO)C(=O)O)cc1. The highest BCUT2D eigenvalue weighted by molar-refractivity contribution is 5.97. The molecule has 3 rings (SSSR count). The minimum atomic E-state index is -1.65. The molecule has 3 aromatic rings. The van der Waals surface area contributed by atoms with Crippen LogP contribution in [-0.2, 0) is 20.9 Å². The molecule has 0 radical (unpaired) electrons. The average molecular weight is 615 g/mol. The number of hydrogen-bond acceptors (Lipinski definition) is 14. The fourth-order valence-corrected chi connectivity index (χ4v) is 3.91. The predicted molar refractivity (Wildman–Crippen MR) is 156 cm³/mol. The van der Waals surface area contributed by atoms with Gasteiger partial charge in [0.15, 0.2) is 17.0 Å². The molecule has 2 heterocycles. The summed E-state index contributed by atoms with van der Waals surface area (Å²) in [6.45, 7) is -2.42. The Bertz CT molecular complexity index is 1490. The van der Waals surface area contributed by atoms with E-state index in [0.717, 1.165) is 5.69 Å². The number of carbonyl (C=O) groups excluding carboxylic acids is 3. The molecule has 3 amide bonds. The van der Waals surface area contributed by atoms with Crippen molar-refractivity contribution >= 4 is 52.3 Å². The van der Waals surface area contributed by atoms with Gasteiger partial charge in [0, 0.05) is 24.7 Å². The molecule has 236 valence electrons. The van der Waals surface area contributed by atoms with Gasteiger partial charge in [0.25, 0.3) is 5.91 Å². The van der Waals surface area contributed by atoms with Crippen molar-refractivity contribution in [3.63, 3.8) is 0 Å². The van der Waals surface area contributed by atoms with Crippen molar-refractivity contribution in [2.45, 2.75) is 31.0 Å². The predicted octanol–water partition coefficient (Wildman–Crippen LogP) is -2.87. The van der Waals surface area contributed by atoms with E-state index >= 15 is 0 Å². The van der Waals surface area contributed by atoms with Gasteiger partial charge in [0.05, 0.1) is 44.8 Å². The highest BCUT2D eigenvalue weighted by Gasteiger charge is 2.30. The molecule has 0 aliphatic heterocycles. The van der Waals surface area contributed by atoms with Gasteiger partial charge in [-0.05, 0) is 30.7 Å². The lowest BCUT2D eigenvalue weighted by Gasteiger charge is -2.28. The van der Waals surface area contributed by atoms with Crippen molar-refractivity contribution in [3.8, 4) is 0 Å². The van der Waals surface area contributed by atoms with Crippen molar-refractivity contribution in [3.05, 3.63) is 41.7 Å². The number of carbonyl (C=O) groups is 4. The smallest absolute Gasteiger partial charge is 0.326 e. The number of aliphatic hydroxyl groups excluding tert-OH is 3. The number of nitrogens with two attached hydrogens (primary N) is 2. The average Bonchev–Trinajstić information content (AvgIpc) is 3.01. The van der Waals surface area contributed by atoms with E-state index < -0.39 is 61.6 Å². The molecule has 2 aromatic heterocycles. The van der Waals surface area contributed by atoms with Gasteiger partial charge in [0.1, 0.15) is 11.6 Å². The number of rotatable bonds is 15. The first kappa shape index (κ1) is 33.3. The zero-order valence-electron chi connectivity index (χ0n) is 23.7. The molecule has 0 saturated carbocycles. The fourth-order valence-electron chi connectivity index (χ4n) is 3.91. The first-order valence-corrected chi connectivity index (χ1v) is 13.2. The molecule has 0 aliphatic rings. The number of nitrogens with one attached hydrogen (secondary N) is 3. The van der Waals surface area contributed by atoms with Crippen molar-refractivity contribution in [2.24, 2.45) is 0 Å². The highest BCUT2D eigenvalue weighted by atomic mass is 16.4. The summed E-state index contributed by atoms with van der Waals surface area (Å²) >= 11 is 0. The van der Waals surface area contributed by atoms with E-state index in [9.17, 15) is 39.6 Å². The maximum absolute atomic E-state index is 12.7. The van der Waals surface area contributed by atoms with Gasteiger partial charge in [-0.3, -0.25) is 14.4 Å². The second kappa shape index (κ2) is 14.8. The van der Waals surface area contributed by atoms with Crippen LogP contribution in [0.2, 0.25) is 0 Å². The summed E-state index contributed by atoms with van der Waals surface area (Å²) < 4.78 is 0. The molecule has 18 heteroatoms. The first-order valence-electron chi connectivity index (χ1n) is 13.2. The van der Waals surface area contributed by atoms with Crippen LogP contribution >= 0.6 is 0 Å². The van der Waals surface area contributed by atoms with Crippen LogP contribution in [0, 0.1) is 0 Å². The lowest BCUT2D eigenvalue weighted by Crippen LogP contribution is -2.58. The standard InChI is InChI=1S/C26H34N10O8/c1-36(10-15-8-30-22-20(31-15)21(27)33-25(28)34-22)16-4-2-14(3-5-16)23(42)32-17(24(43)44)6-7-18(40)29-9-19(41)35-26(11-37,12-38)13-39/h2-5,8,17,37-39H,6-7,9-13H2,1H3,(H,29,40)(H,32,42)(H,35,41)(H,43,44)(H4,27,28,30,33,34)/t17-/m0/s1. The Morgan fingerprint density at radius 1 is 0.977 bits per heavy atom. The Labute approximate surface area is 250 Å². The van der Waals surface area contributed by atoms with E-state index in [4.69, 9.17) is 11.5 Å². The fraction of sp³-hybridized carbons (Fsp3) is 0.385. The number of benzene rings is 1.